The van der Waals surface area contributed by atoms with Gasteiger partial charge in [-0.05, 0) is 19.4 Å². The first-order valence-corrected chi connectivity index (χ1v) is 7.31. The van der Waals surface area contributed by atoms with Crippen molar-refractivity contribution in [2.45, 2.75) is 19.4 Å². The van der Waals surface area contributed by atoms with Gasteiger partial charge in [0.15, 0.2) is 5.82 Å². The van der Waals surface area contributed by atoms with Crippen LogP contribution < -0.4 is 10.6 Å². The molecule has 1 aromatic heterocycles. The number of hydrogen-bond donors (Lipinski definition) is 2. The number of aromatic nitrogens is 1. The Hall–Kier alpha value is -3.16. The van der Waals surface area contributed by atoms with E-state index in [2.05, 4.69) is 20.3 Å². The van der Waals surface area contributed by atoms with Gasteiger partial charge in [0.2, 0.25) is 5.91 Å². The molecule has 2 heterocycles. The quantitative estimate of drug-likeness (QED) is 0.825. The second-order valence-corrected chi connectivity index (χ2v) is 5.75. The molecule has 1 atom stereocenters. The van der Waals surface area contributed by atoms with E-state index in [-0.39, 0.29) is 5.82 Å². The van der Waals surface area contributed by atoms with Crippen LogP contribution in [-0.4, -0.2) is 34.4 Å². The van der Waals surface area contributed by atoms with Crippen molar-refractivity contribution in [1.82, 2.24) is 15.4 Å². The van der Waals surface area contributed by atoms with Gasteiger partial charge in [-0.15, -0.1) is 0 Å². The van der Waals surface area contributed by atoms with E-state index in [1.807, 2.05) is 19.1 Å². The van der Waals surface area contributed by atoms with Gasteiger partial charge >= 0.3 is 6.03 Å². The van der Waals surface area contributed by atoms with Crippen LogP contribution >= 0.6 is 0 Å². The van der Waals surface area contributed by atoms with Crippen LogP contribution in [0.3, 0.4) is 0 Å². The van der Waals surface area contributed by atoms with Crippen molar-refractivity contribution in [2.24, 2.45) is 0 Å². The molecule has 0 bridgehead atoms. The van der Waals surface area contributed by atoms with Crippen molar-refractivity contribution in [3.05, 3.63) is 47.7 Å². The van der Waals surface area contributed by atoms with Crippen LogP contribution in [0.1, 0.15) is 18.1 Å². The molecule has 0 aliphatic carbocycles. The first-order valence-electron chi connectivity index (χ1n) is 7.31. The Morgan fingerprint density at radius 2 is 2.00 bits per heavy atom. The van der Waals surface area contributed by atoms with Gasteiger partial charge in [-0.1, -0.05) is 35.0 Å². The molecule has 1 fully saturated rings. The summed E-state index contributed by atoms with van der Waals surface area (Å²) in [5.41, 5.74) is 0.507. The monoisotopic (exact) mass is 328 g/mol. The first kappa shape index (κ1) is 15.7. The SMILES string of the molecule is Cc1ccc([C@@]2(C)NC(=O)N(CC(=O)Nc3ccon3)C2=O)cc1. The van der Waals surface area contributed by atoms with E-state index in [4.69, 9.17) is 0 Å². The summed E-state index contributed by atoms with van der Waals surface area (Å²) in [7, 11) is 0. The number of amides is 4. The van der Waals surface area contributed by atoms with Crippen molar-refractivity contribution in [1.29, 1.82) is 0 Å². The van der Waals surface area contributed by atoms with Gasteiger partial charge < -0.3 is 15.2 Å². The van der Waals surface area contributed by atoms with Gasteiger partial charge in [0.05, 0.1) is 0 Å². The first-order chi connectivity index (χ1) is 11.4. The summed E-state index contributed by atoms with van der Waals surface area (Å²) in [4.78, 5) is 37.7. The number of benzene rings is 1. The van der Waals surface area contributed by atoms with Crippen LogP contribution in [0.5, 0.6) is 0 Å². The molecule has 0 saturated carbocycles. The highest BCUT2D eigenvalue weighted by molar-refractivity contribution is 6.10. The molecular weight excluding hydrogens is 312 g/mol. The number of hydrogen-bond acceptors (Lipinski definition) is 5. The van der Waals surface area contributed by atoms with Crippen LogP contribution in [0.2, 0.25) is 0 Å². The Bertz CT molecular complexity index is 785. The second-order valence-electron chi connectivity index (χ2n) is 5.75. The lowest BCUT2D eigenvalue weighted by Gasteiger charge is -2.22. The fourth-order valence-electron chi connectivity index (χ4n) is 2.53. The van der Waals surface area contributed by atoms with Crippen LogP contribution in [0.4, 0.5) is 10.6 Å². The Kier molecular flexibility index (Phi) is 3.80. The molecule has 24 heavy (non-hydrogen) atoms. The van der Waals surface area contributed by atoms with Crippen molar-refractivity contribution >= 4 is 23.7 Å². The van der Waals surface area contributed by atoms with E-state index < -0.39 is 29.9 Å². The number of carbonyl (C=O) groups excluding carboxylic acids is 3. The summed E-state index contributed by atoms with van der Waals surface area (Å²) in [6.07, 6.45) is 1.30. The third-order valence-electron chi connectivity index (χ3n) is 3.91. The highest BCUT2D eigenvalue weighted by Crippen LogP contribution is 2.28. The zero-order valence-corrected chi connectivity index (χ0v) is 13.2. The standard InChI is InChI=1S/C16H16N4O4/c1-10-3-5-11(6-4-10)16(2)14(22)20(15(23)18-16)9-13(21)17-12-7-8-24-19-12/h3-8H,9H2,1-2H3,(H,18,23)(H,17,19,21)/t16-/m1/s1. The van der Waals surface area contributed by atoms with Crippen LogP contribution in [0.15, 0.2) is 41.1 Å². The summed E-state index contributed by atoms with van der Waals surface area (Å²) in [6, 6.07) is 8.14. The number of urea groups is 1. The molecule has 8 nitrogen and oxygen atoms in total. The lowest BCUT2D eigenvalue weighted by atomic mass is 9.91. The number of nitrogens with one attached hydrogen (secondary N) is 2. The van der Waals surface area contributed by atoms with Crippen LogP contribution in [0, 0.1) is 6.92 Å². The predicted molar refractivity (Wildman–Crippen MR) is 83.9 cm³/mol. The van der Waals surface area contributed by atoms with Gasteiger partial charge in [0.1, 0.15) is 18.3 Å². The number of anilines is 1. The van der Waals surface area contributed by atoms with Gasteiger partial charge in [0, 0.05) is 6.07 Å². The summed E-state index contributed by atoms with van der Waals surface area (Å²) in [5.74, 6) is -0.805. The minimum absolute atomic E-state index is 0.216. The summed E-state index contributed by atoms with van der Waals surface area (Å²) >= 11 is 0. The molecule has 2 N–H and O–H groups in total. The molecule has 1 aliphatic heterocycles. The molecule has 0 unspecified atom stereocenters. The number of carbonyl (C=O) groups is 3. The minimum atomic E-state index is -1.20. The van der Waals surface area contributed by atoms with Crippen molar-refractivity contribution in [2.75, 3.05) is 11.9 Å². The fourth-order valence-corrected chi connectivity index (χ4v) is 2.53. The molecule has 0 spiro atoms. The summed E-state index contributed by atoms with van der Waals surface area (Å²) in [5, 5.41) is 8.64. The maximum atomic E-state index is 12.7. The lowest BCUT2D eigenvalue weighted by molar-refractivity contribution is -0.133. The number of nitrogens with zero attached hydrogens (tertiary/aromatic N) is 2. The minimum Gasteiger partial charge on any atom is -0.363 e. The van der Waals surface area contributed by atoms with Crippen LogP contribution in [-0.2, 0) is 15.1 Å². The van der Waals surface area contributed by atoms with Gasteiger partial charge in [-0.2, -0.15) is 0 Å². The maximum absolute atomic E-state index is 12.7. The third kappa shape index (κ3) is 2.73. The Morgan fingerprint density at radius 3 is 2.62 bits per heavy atom. The fraction of sp³-hybridized carbons (Fsp3) is 0.250. The van der Waals surface area contributed by atoms with E-state index in [1.165, 1.54) is 12.3 Å². The lowest BCUT2D eigenvalue weighted by Crippen LogP contribution is -2.42. The largest absolute Gasteiger partial charge is 0.363 e. The van der Waals surface area contributed by atoms with Crippen LogP contribution in [0.25, 0.3) is 0 Å². The summed E-state index contributed by atoms with van der Waals surface area (Å²) < 4.78 is 4.60. The average molecular weight is 328 g/mol. The molecule has 124 valence electrons. The van der Waals surface area contributed by atoms with E-state index in [9.17, 15) is 14.4 Å². The molecule has 8 heteroatoms. The second kappa shape index (κ2) is 5.80. The van der Waals surface area contributed by atoms with Gasteiger partial charge in [-0.25, -0.2) is 4.79 Å². The average Bonchev–Trinajstić information content (AvgIpc) is 3.11. The Morgan fingerprint density at radius 1 is 1.29 bits per heavy atom. The molecule has 0 radical (unpaired) electrons. The Labute approximate surface area is 137 Å². The maximum Gasteiger partial charge on any atom is 0.325 e. The Balaban J connectivity index is 1.76. The molecule has 1 aliphatic rings. The zero-order chi connectivity index (χ0) is 17.3. The number of imide groups is 1. The van der Waals surface area contributed by atoms with E-state index >= 15 is 0 Å². The normalized spacial score (nSPS) is 20.2. The molecule has 1 saturated heterocycles. The third-order valence-corrected chi connectivity index (χ3v) is 3.91. The van der Waals surface area contributed by atoms with E-state index in [0.29, 0.717) is 5.56 Å². The molecular formula is C16H16N4O4. The van der Waals surface area contributed by atoms with Crippen molar-refractivity contribution in [3.63, 3.8) is 0 Å². The highest BCUT2D eigenvalue weighted by Gasteiger charge is 2.49. The number of aryl methyl sites for hydroxylation is 1. The molecule has 1 aromatic carbocycles. The van der Waals surface area contributed by atoms with Crippen molar-refractivity contribution in [3.8, 4) is 0 Å². The van der Waals surface area contributed by atoms with Gasteiger partial charge in [-0.3, -0.25) is 14.5 Å². The topological polar surface area (TPSA) is 105 Å². The van der Waals surface area contributed by atoms with E-state index in [0.717, 1.165) is 10.5 Å². The number of rotatable bonds is 4. The zero-order valence-electron chi connectivity index (χ0n) is 13.2. The predicted octanol–water partition coefficient (Wildman–Crippen LogP) is 1.39. The van der Waals surface area contributed by atoms with Crippen molar-refractivity contribution < 1.29 is 18.9 Å². The molecule has 4 amide bonds. The summed E-state index contributed by atoms with van der Waals surface area (Å²) in [6.45, 7) is 3.15. The van der Waals surface area contributed by atoms with E-state index in [1.54, 1.807) is 19.1 Å². The molecule has 2 aromatic rings. The van der Waals surface area contributed by atoms with Gasteiger partial charge in [0.25, 0.3) is 5.91 Å². The highest BCUT2D eigenvalue weighted by atomic mass is 16.5. The molecule has 3 rings (SSSR count). The smallest absolute Gasteiger partial charge is 0.325 e.